The Bertz CT molecular complexity index is 486. The first kappa shape index (κ1) is 10.4. The lowest BCUT2D eigenvalue weighted by Crippen LogP contribution is -2.05. The number of nitrogens with zero attached hydrogens (tertiary/aromatic N) is 1. The summed E-state index contributed by atoms with van der Waals surface area (Å²) in [6, 6.07) is 4.19. The number of aromatic nitrogens is 1. The van der Waals surface area contributed by atoms with Crippen molar-refractivity contribution in [3.8, 4) is 11.3 Å². The van der Waals surface area contributed by atoms with Crippen LogP contribution in [0.2, 0.25) is 5.02 Å². The zero-order valence-corrected chi connectivity index (χ0v) is 9.07. The molecule has 0 unspecified atom stereocenters. The smallest absolute Gasteiger partial charge is 0.197 e. The predicted octanol–water partition coefficient (Wildman–Crippen LogP) is 2.89. The number of hydrogen-bond donors (Lipinski definition) is 2. The maximum absolute atomic E-state index is 12.8. The number of benzene rings is 1. The molecular formula is C9H7ClFN3S. The molecular weight excluding hydrogens is 237 g/mol. The van der Waals surface area contributed by atoms with Gasteiger partial charge in [0.1, 0.15) is 5.82 Å². The van der Waals surface area contributed by atoms with Gasteiger partial charge in [0.15, 0.2) is 5.13 Å². The summed E-state index contributed by atoms with van der Waals surface area (Å²) in [5.41, 5.74) is 3.81. The molecule has 0 bridgehead atoms. The number of nitrogen functional groups attached to an aromatic ring is 1. The minimum absolute atomic E-state index is 0.337. The molecule has 78 valence electrons. The van der Waals surface area contributed by atoms with Gasteiger partial charge in [0.05, 0.1) is 10.7 Å². The third kappa shape index (κ3) is 2.09. The standard InChI is InChI=1S/C9H7ClFN3S/c10-7-3-5(11)1-2-6(7)8-4-15-9(13-8)14-12/h1-4H,12H2,(H,13,14). The lowest BCUT2D eigenvalue weighted by Gasteiger charge is -1.99. The Balaban J connectivity index is 2.44. The molecule has 0 aliphatic rings. The largest absolute Gasteiger partial charge is 0.300 e. The van der Waals surface area contributed by atoms with E-state index < -0.39 is 0 Å². The van der Waals surface area contributed by atoms with Crippen molar-refractivity contribution in [3.05, 3.63) is 34.4 Å². The third-order valence-electron chi connectivity index (χ3n) is 1.83. The second-order valence-electron chi connectivity index (χ2n) is 2.81. The Morgan fingerprint density at radius 2 is 2.27 bits per heavy atom. The fraction of sp³-hybridized carbons (Fsp3) is 0. The molecule has 0 aliphatic carbocycles. The quantitative estimate of drug-likeness (QED) is 0.630. The van der Waals surface area contributed by atoms with Crippen molar-refractivity contribution in [2.75, 3.05) is 5.43 Å². The molecule has 0 saturated carbocycles. The Morgan fingerprint density at radius 3 is 2.87 bits per heavy atom. The molecule has 0 amide bonds. The Morgan fingerprint density at radius 1 is 1.47 bits per heavy atom. The molecule has 0 saturated heterocycles. The monoisotopic (exact) mass is 243 g/mol. The second-order valence-corrected chi connectivity index (χ2v) is 4.07. The molecule has 2 rings (SSSR count). The molecule has 0 spiro atoms. The number of nitrogens with two attached hydrogens (primary N) is 1. The summed E-state index contributed by atoms with van der Waals surface area (Å²) in [5, 5.41) is 2.73. The van der Waals surface area contributed by atoms with Crippen LogP contribution in [-0.4, -0.2) is 4.98 Å². The second kappa shape index (κ2) is 4.14. The van der Waals surface area contributed by atoms with E-state index in [2.05, 4.69) is 10.4 Å². The van der Waals surface area contributed by atoms with Gasteiger partial charge in [-0.05, 0) is 18.2 Å². The molecule has 6 heteroatoms. The highest BCUT2D eigenvalue weighted by molar-refractivity contribution is 7.14. The van der Waals surface area contributed by atoms with E-state index in [1.165, 1.54) is 23.5 Å². The van der Waals surface area contributed by atoms with Gasteiger partial charge >= 0.3 is 0 Å². The van der Waals surface area contributed by atoms with Crippen molar-refractivity contribution in [2.45, 2.75) is 0 Å². The van der Waals surface area contributed by atoms with Crippen LogP contribution >= 0.6 is 22.9 Å². The molecule has 0 atom stereocenters. The molecule has 1 heterocycles. The van der Waals surface area contributed by atoms with Crippen molar-refractivity contribution >= 4 is 28.1 Å². The Labute approximate surface area is 94.7 Å². The first-order chi connectivity index (χ1) is 7.20. The van der Waals surface area contributed by atoms with Crippen LogP contribution in [0.1, 0.15) is 0 Å². The van der Waals surface area contributed by atoms with Crippen LogP contribution in [0.3, 0.4) is 0 Å². The highest BCUT2D eigenvalue weighted by Gasteiger charge is 2.08. The zero-order valence-electron chi connectivity index (χ0n) is 7.50. The van der Waals surface area contributed by atoms with E-state index in [0.29, 0.717) is 21.4 Å². The molecule has 3 N–H and O–H groups in total. The summed E-state index contributed by atoms with van der Waals surface area (Å²) in [6.07, 6.45) is 0. The van der Waals surface area contributed by atoms with Crippen LogP contribution in [0.15, 0.2) is 23.6 Å². The van der Waals surface area contributed by atoms with Crippen molar-refractivity contribution < 1.29 is 4.39 Å². The van der Waals surface area contributed by atoms with Crippen LogP contribution < -0.4 is 11.3 Å². The number of anilines is 1. The van der Waals surface area contributed by atoms with Gasteiger partial charge in [0, 0.05) is 10.9 Å². The van der Waals surface area contributed by atoms with Gasteiger partial charge in [-0.3, -0.25) is 5.43 Å². The van der Waals surface area contributed by atoms with Crippen LogP contribution in [0.5, 0.6) is 0 Å². The van der Waals surface area contributed by atoms with E-state index >= 15 is 0 Å². The van der Waals surface area contributed by atoms with Gasteiger partial charge < -0.3 is 0 Å². The molecule has 3 nitrogen and oxygen atoms in total. The lowest BCUT2D eigenvalue weighted by atomic mass is 10.2. The van der Waals surface area contributed by atoms with Gasteiger partial charge in [0.25, 0.3) is 0 Å². The number of nitrogens with one attached hydrogen (secondary N) is 1. The third-order valence-corrected chi connectivity index (χ3v) is 2.92. The van der Waals surface area contributed by atoms with Gasteiger partial charge in [-0.25, -0.2) is 15.2 Å². The van der Waals surface area contributed by atoms with E-state index in [1.54, 1.807) is 11.4 Å². The van der Waals surface area contributed by atoms with Crippen LogP contribution in [0, 0.1) is 5.82 Å². The minimum atomic E-state index is -0.365. The van der Waals surface area contributed by atoms with Crippen LogP contribution in [-0.2, 0) is 0 Å². The summed E-state index contributed by atoms with van der Waals surface area (Å²) in [7, 11) is 0. The SMILES string of the molecule is NNc1nc(-c2ccc(F)cc2Cl)cs1. The summed E-state index contributed by atoms with van der Waals surface area (Å²) in [6.45, 7) is 0. The molecule has 2 aromatic rings. The molecule has 1 aromatic carbocycles. The number of thiazole rings is 1. The fourth-order valence-corrected chi connectivity index (χ4v) is 2.05. The number of hydrazine groups is 1. The fourth-order valence-electron chi connectivity index (χ4n) is 1.16. The highest BCUT2D eigenvalue weighted by atomic mass is 35.5. The molecule has 1 aromatic heterocycles. The maximum Gasteiger partial charge on any atom is 0.197 e. The summed E-state index contributed by atoms with van der Waals surface area (Å²) in [4.78, 5) is 4.16. The van der Waals surface area contributed by atoms with Crippen molar-refractivity contribution in [1.29, 1.82) is 0 Å². The van der Waals surface area contributed by atoms with Gasteiger partial charge in [-0.1, -0.05) is 11.6 Å². The molecule has 0 aliphatic heterocycles. The van der Waals surface area contributed by atoms with E-state index in [9.17, 15) is 4.39 Å². The molecule has 15 heavy (non-hydrogen) atoms. The number of rotatable bonds is 2. The summed E-state index contributed by atoms with van der Waals surface area (Å²) < 4.78 is 12.8. The van der Waals surface area contributed by atoms with Crippen molar-refractivity contribution in [2.24, 2.45) is 5.84 Å². The maximum atomic E-state index is 12.8. The van der Waals surface area contributed by atoms with E-state index in [1.807, 2.05) is 0 Å². The average molecular weight is 244 g/mol. The first-order valence-electron chi connectivity index (χ1n) is 4.08. The first-order valence-corrected chi connectivity index (χ1v) is 5.34. The average Bonchev–Trinajstić information content (AvgIpc) is 2.66. The van der Waals surface area contributed by atoms with Crippen LogP contribution in [0.4, 0.5) is 9.52 Å². The van der Waals surface area contributed by atoms with Gasteiger partial charge in [0.2, 0.25) is 0 Å². The van der Waals surface area contributed by atoms with E-state index in [0.717, 1.165) is 0 Å². The Hall–Kier alpha value is -1.17. The number of halogens is 2. The minimum Gasteiger partial charge on any atom is -0.300 e. The lowest BCUT2D eigenvalue weighted by molar-refractivity contribution is 0.628. The van der Waals surface area contributed by atoms with E-state index in [4.69, 9.17) is 17.4 Å². The van der Waals surface area contributed by atoms with Crippen molar-refractivity contribution in [3.63, 3.8) is 0 Å². The summed E-state index contributed by atoms with van der Waals surface area (Å²) >= 11 is 7.25. The molecule has 0 fully saturated rings. The highest BCUT2D eigenvalue weighted by Crippen LogP contribution is 2.30. The van der Waals surface area contributed by atoms with Crippen molar-refractivity contribution in [1.82, 2.24) is 4.98 Å². The predicted molar refractivity (Wildman–Crippen MR) is 60.3 cm³/mol. The van der Waals surface area contributed by atoms with Gasteiger partial charge in [-0.2, -0.15) is 0 Å². The normalized spacial score (nSPS) is 10.3. The number of hydrogen-bond acceptors (Lipinski definition) is 4. The van der Waals surface area contributed by atoms with Gasteiger partial charge in [-0.15, -0.1) is 11.3 Å². The zero-order chi connectivity index (χ0) is 10.8. The molecule has 0 radical (unpaired) electrons. The van der Waals surface area contributed by atoms with Crippen LogP contribution in [0.25, 0.3) is 11.3 Å². The Kier molecular flexibility index (Phi) is 2.86. The topological polar surface area (TPSA) is 50.9 Å². The van der Waals surface area contributed by atoms with E-state index in [-0.39, 0.29) is 5.82 Å². The summed E-state index contributed by atoms with van der Waals surface area (Å²) in [5.74, 6) is 4.84.